The maximum absolute atomic E-state index is 13.9. The number of halogens is 4. The first-order chi connectivity index (χ1) is 19.8. The van der Waals surface area contributed by atoms with Crippen molar-refractivity contribution in [2.45, 2.75) is 51.7 Å². The molecule has 0 unspecified atom stereocenters. The minimum absolute atomic E-state index is 0.00316. The second kappa shape index (κ2) is 14.8. The molecule has 1 N–H and O–H groups in total. The van der Waals surface area contributed by atoms with Crippen molar-refractivity contribution in [3.63, 3.8) is 0 Å². The molecule has 1 atom stereocenters. The first-order valence-electron chi connectivity index (χ1n) is 13.3. The van der Waals surface area contributed by atoms with E-state index in [2.05, 4.69) is 5.32 Å². The minimum atomic E-state index is -3.88. The third-order valence-corrected chi connectivity index (χ3v) is 8.18. The Labute approximate surface area is 255 Å². The van der Waals surface area contributed by atoms with Crippen LogP contribution in [0.5, 0.6) is 0 Å². The molecule has 0 aliphatic heterocycles. The van der Waals surface area contributed by atoms with E-state index in [1.807, 2.05) is 44.2 Å². The summed E-state index contributed by atoms with van der Waals surface area (Å²) in [6.07, 6.45) is 1.07. The van der Waals surface area contributed by atoms with Crippen molar-refractivity contribution >= 4 is 50.7 Å². The maximum atomic E-state index is 13.9. The van der Waals surface area contributed by atoms with E-state index < -0.39 is 33.6 Å². The van der Waals surface area contributed by atoms with Crippen LogP contribution in [-0.2, 0) is 32.6 Å². The van der Waals surface area contributed by atoms with E-state index in [0.717, 1.165) is 34.3 Å². The van der Waals surface area contributed by atoms with Gasteiger partial charge >= 0.3 is 0 Å². The van der Waals surface area contributed by atoms with Gasteiger partial charge in [0.05, 0.1) is 11.9 Å². The summed E-state index contributed by atoms with van der Waals surface area (Å²) in [5.74, 6) is -3.07. The summed E-state index contributed by atoms with van der Waals surface area (Å²) in [4.78, 5) is 28.7. The van der Waals surface area contributed by atoms with E-state index in [-0.39, 0.29) is 50.0 Å². The molecule has 2 amide bonds. The average Bonchev–Trinajstić information content (AvgIpc) is 2.90. The first kappa shape index (κ1) is 33.3. The largest absolute Gasteiger partial charge is 0.352 e. The van der Waals surface area contributed by atoms with Crippen LogP contribution >= 0.6 is 23.2 Å². The molecule has 0 aliphatic rings. The first-order valence-corrected chi connectivity index (χ1v) is 15.9. The van der Waals surface area contributed by atoms with E-state index in [0.29, 0.717) is 15.6 Å². The lowest BCUT2D eigenvalue weighted by Gasteiger charge is -2.32. The quantitative estimate of drug-likeness (QED) is 0.249. The summed E-state index contributed by atoms with van der Waals surface area (Å²) in [6.45, 7) is 3.46. The SMILES string of the molecule is CC(C)NC(=O)[C@@H](Cc1ccccc1)N(Cc1ccc(Cl)cc1Cl)C(=O)CCCN(c1ccc(F)c(F)c1)S(C)(=O)=O. The fourth-order valence-electron chi connectivity index (χ4n) is 4.41. The van der Waals surface area contributed by atoms with Crippen LogP contribution in [0.1, 0.15) is 37.8 Å². The van der Waals surface area contributed by atoms with Crippen LogP contribution in [0.4, 0.5) is 14.5 Å². The van der Waals surface area contributed by atoms with Gasteiger partial charge in [-0.25, -0.2) is 17.2 Å². The van der Waals surface area contributed by atoms with Crippen LogP contribution in [0, 0.1) is 11.6 Å². The molecular formula is C30H33Cl2F2N3O4S. The number of hydrogen-bond acceptors (Lipinski definition) is 4. The highest BCUT2D eigenvalue weighted by Gasteiger charge is 2.31. The van der Waals surface area contributed by atoms with Crippen LogP contribution in [-0.4, -0.2) is 50.0 Å². The van der Waals surface area contributed by atoms with Crippen molar-refractivity contribution in [2.75, 3.05) is 17.1 Å². The number of benzene rings is 3. The van der Waals surface area contributed by atoms with Gasteiger partial charge in [0.15, 0.2) is 11.6 Å². The van der Waals surface area contributed by atoms with Crippen molar-refractivity contribution in [3.05, 3.63) is 99.5 Å². The van der Waals surface area contributed by atoms with E-state index >= 15 is 0 Å². The van der Waals surface area contributed by atoms with Crippen molar-refractivity contribution in [2.24, 2.45) is 0 Å². The van der Waals surface area contributed by atoms with E-state index in [1.54, 1.807) is 18.2 Å². The van der Waals surface area contributed by atoms with Gasteiger partial charge in [-0.2, -0.15) is 0 Å². The van der Waals surface area contributed by atoms with Gasteiger partial charge in [0, 0.05) is 48.1 Å². The molecule has 0 bridgehead atoms. The molecule has 0 radical (unpaired) electrons. The summed E-state index contributed by atoms with van der Waals surface area (Å²) in [6, 6.07) is 15.8. The Hall–Kier alpha value is -3.21. The minimum Gasteiger partial charge on any atom is -0.352 e. The third-order valence-electron chi connectivity index (χ3n) is 6.40. The van der Waals surface area contributed by atoms with Crippen LogP contribution in [0.2, 0.25) is 10.0 Å². The molecule has 3 rings (SSSR count). The second-order valence-corrected chi connectivity index (χ2v) is 12.9. The number of rotatable bonds is 13. The van der Waals surface area contributed by atoms with E-state index in [4.69, 9.17) is 23.2 Å². The number of sulfonamides is 1. The van der Waals surface area contributed by atoms with Crippen LogP contribution < -0.4 is 9.62 Å². The van der Waals surface area contributed by atoms with Gasteiger partial charge in [0.25, 0.3) is 0 Å². The molecule has 0 heterocycles. The van der Waals surface area contributed by atoms with Gasteiger partial charge in [-0.3, -0.25) is 13.9 Å². The molecule has 7 nitrogen and oxygen atoms in total. The van der Waals surface area contributed by atoms with Gasteiger partial charge in [-0.15, -0.1) is 0 Å². The van der Waals surface area contributed by atoms with Gasteiger partial charge < -0.3 is 10.2 Å². The predicted molar refractivity (Wildman–Crippen MR) is 162 cm³/mol. The Morgan fingerprint density at radius 3 is 2.24 bits per heavy atom. The number of nitrogens with one attached hydrogen (secondary N) is 1. The van der Waals surface area contributed by atoms with Gasteiger partial charge in [0.1, 0.15) is 6.04 Å². The Balaban J connectivity index is 1.91. The second-order valence-electron chi connectivity index (χ2n) is 10.2. The monoisotopic (exact) mass is 639 g/mol. The Kier molecular flexibility index (Phi) is 11.7. The van der Waals surface area contributed by atoms with Gasteiger partial charge in [-0.05, 0) is 55.7 Å². The highest BCUT2D eigenvalue weighted by Crippen LogP contribution is 2.25. The van der Waals surface area contributed by atoms with Crippen molar-refractivity contribution in [1.82, 2.24) is 10.2 Å². The average molecular weight is 641 g/mol. The molecular weight excluding hydrogens is 607 g/mol. The molecule has 42 heavy (non-hydrogen) atoms. The molecule has 3 aromatic rings. The van der Waals surface area contributed by atoms with Crippen molar-refractivity contribution < 1.29 is 26.8 Å². The molecule has 226 valence electrons. The number of nitrogens with zero attached hydrogens (tertiary/aromatic N) is 2. The molecule has 0 saturated heterocycles. The molecule has 0 saturated carbocycles. The molecule has 0 aromatic heterocycles. The summed E-state index contributed by atoms with van der Waals surface area (Å²) in [7, 11) is -3.88. The fourth-order valence-corrected chi connectivity index (χ4v) is 5.84. The van der Waals surface area contributed by atoms with Gasteiger partial charge in [0.2, 0.25) is 21.8 Å². The van der Waals surface area contributed by atoms with Crippen molar-refractivity contribution in [1.29, 1.82) is 0 Å². The Bertz CT molecular complexity index is 1510. The number of amides is 2. The highest BCUT2D eigenvalue weighted by atomic mass is 35.5. The predicted octanol–water partition coefficient (Wildman–Crippen LogP) is 5.98. The highest BCUT2D eigenvalue weighted by molar-refractivity contribution is 7.92. The normalized spacial score (nSPS) is 12.2. The lowest BCUT2D eigenvalue weighted by atomic mass is 10.0. The Morgan fingerprint density at radius 2 is 1.64 bits per heavy atom. The topological polar surface area (TPSA) is 86.8 Å². The molecule has 12 heteroatoms. The maximum Gasteiger partial charge on any atom is 0.243 e. The number of carbonyl (C=O) groups is 2. The molecule has 0 fully saturated rings. The van der Waals surface area contributed by atoms with Crippen molar-refractivity contribution in [3.8, 4) is 0 Å². The number of hydrogen-bond donors (Lipinski definition) is 1. The summed E-state index contributed by atoms with van der Waals surface area (Å²) in [5, 5.41) is 3.63. The lowest BCUT2D eigenvalue weighted by molar-refractivity contribution is -0.141. The summed E-state index contributed by atoms with van der Waals surface area (Å²) < 4.78 is 53.2. The zero-order valence-corrected chi connectivity index (χ0v) is 25.8. The zero-order valence-electron chi connectivity index (χ0n) is 23.5. The van der Waals surface area contributed by atoms with E-state index in [1.165, 1.54) is 4.90 Å². The molecule has 0 aliphatic carbocycles. The van der Waals surface area contributed by atoms with Crippen LogP contribution in [0.25, 0.3) is 0 Å². The zero-order chi connectivity index (χ0) is 31.0. The summed E-state index contributed by atoms with van der Waals surface area (Å²) in [5.41, 5.74) is 1.35. The van der Waals surface area contributed by atoms with Crippen LogP contribution in [0.15, 0.2) is 66.7 Å². The molecule has 0 spiro atoms. The van der Waals surface area contributed by atoms with Crippen LogP contribution in [0.3, 0.4) is 0 Å². The number of carbonyl (C=O) groups excluding carboxylic acids is 2. The Morgan fingerprint density at radius 1 is 0.952 bits per heavy atom. The van der Waals surface area contributed by atoms with Gasteiger partial charge in [-0.1, -0.05) is 59.6 Å². The number of anilines is 1. The van der Waals surface area contributed by atoms with E-state index in [9.17, 15) is 26.8 Å². The molecule has 3 aromatic carbocycles. The lowest BCUT2D eigenvalue weighted by Crippen LogP contribution is -2.51. The smallest absolute Gasteiger partial charge is 0.243 e. The standard InChI is InChI=1S/C30H33Cl2F2N3O4S/c1-20(2)35-30(39)28(16-21-8-5-4-6-9-21)36(19-22-11-12-23(31)17-25(22)32)29(38)10-7-15-37(42(3,40)41)24-13-14-26(33)27(34)18-24/h4-6,8-9,11-14,17-18,20,28H,7,10,15-16,19H2,1-3H3,(H,35,39)/t28-/m1/s1. The fraction of sp³-hybridized carbons (Fsp3) is 0.333. The summed E-state index contributed by atoms with van der Waals surface area (Å²) >= 11 is 12.5. The third kappa shape index (κ3) is 9.40.